The number of benzene rings is 2. The van der Waals surface area contributed by atoms with E-state index in [0.717, 1.165) is 12.8 Å². The first-order chi connectivity index (χ1) is 16.0. The maximum Gasteiger partial charge on any atom is 0.243 e. The molecule has 0 unspecified atom stereocenters. The van der Waals surface area contributed by atoms with Crippen molar-refractivity contribution in [3.05, 3.63) is 76.0 Å². The molecule has 0 aliphatic heterocycles. The van der Waals surface area contributed by atoms with Crippen molar-refractivity contribution in [1.82, 2.24) is 13.9 Å². The van der Waals surface area contributed by atoms with Crippen LogP contribution in [0.2, 0.25) is 10.0 Å². The summed E-state index contributed by atoms with van der Waals surface area (Å²) in [6, 6.07) is 12.3. The van der Waals surface area contributed by atoms with E-state index in [2.05, 4.69) is 4.98 Å². The maximum absolute atomic E-state index is 13.4. The summed E-state index contributed by atoms with van der Waals surface area (Å²) in [5.41, 5.74) is 1.07. The summed E-state index contributed by atoms with van der Waals surface area (Å²) in [5, 5.41) is 0.814. The molecule has 0 bridgehead atoms. The van der Waals surface area contributed by atoms with Gasteiger partial charge in [0.15, 0.2) is 0 Å². The van der Waals surface area contributed by atoms with Gasteiger partial charge in [-0.25, -0.2) is 21.8 Å². The van der Waals surface area contributed by atoms with E-state index >= 15 is 0 Å². The lowest BCUT2D eigenvalue weighted by atomic mass is 10.2. The number of rotatable bonds is 9. The average molecular weight is 543 g/mol. The predicted octanol–water partition coefficient (Wildman–Crippen LogP) is 5.10. The van der Waals surface area contributed by atoms with Gasteiger partial charge >= 0.3 is 0 Å². The molecule has 0 radical (unpaired) electrons. The van der Waals surface area contributed by atoms with Crippen LogP contribution in [0.5, 0.6) is 0 Å². The highest BCUT2D eigenvalue weighted by atomic mass is 35.5. The molecule has 0 saturated heterocycles. The molecule has 182 valence electrons. The minimum Gasteiger partial charge on any atom is -0.315 e. The summed E-state index contributed by atoms with van der Waals surface area (Å²) < 4.78 is 56.4. The van der Waals surface area contributed by atoms with Crippen molar-refractivity contribution in [3.8, 4) is 0 Å². The second kappa shape index (κ2) is 9.62. The molecular formula is C23H25Cl2N3O4S2. The zero-order chi connectivity index (χ0) is 24.7. The number of sulfone groups is 1. The SMILES string of the molecule is CC(C)n1c(CN(C2CC2)S(=O)(=O)c2ccc(Cl)cc2)cnc1S(=O)(=O)Cc1cccc(Cl)c1. The largest absolute Gasteiger partial charge is 0.315 e. The molecule has 0 N–H and O–H groups in total. The fourth-order valence-electron chi connectivity index (χ4n) is 3.86. The Labute approximate surface area is 210 Å². The molecule has 1 aliphatic carbocycles. The molecule has 11 heteroatoms. The summed E-state index contributed by atoms with van der Waals surface area (Å²) in [6.07, 6.45) is 2.96. The van der Waals surface area contributed by atoms with Crippen LogP contribution < -0.4 is 0 Å². The van der Waals surface area contributed by atoms with Crippen molar-refractivity contribution in [2.75, 3.05) is 0 Å². The highest BCUT2D eigenvalue weighted by Crippen LogP contribution is 2.35. The molecule has 2 aromatic carbocycles. The van der Waals surface area contributed by atoms with Crippen LogP contribution in [0.4, 0.5) is 0 Å². The Morgan fingerprint density at radius 3 is 2.29 bits per heavy atom. The summed E-state index contributed by atoms with van der Waals surface area (Å²) in [5.74, 6) is -0.258. The van der Waals surface area contributed by atoms with Crippen LogP contribution >= 0.6 is 23.2 Å². The lowest BCUT2D eigenvalue weighted by Gasteiger charge is -2.24. The number of imidazole rings is 1. The van der Waals surface area contributed by atoms with E-state index in [-0.39, 0.29) is 34.4 Å². The van der Waals surface area contributed by atoms with Crippen molar-refractivity contribution in [2.24, 2.45) is 0 Å². The topological polar surface area (TPSA) is 89.3 Å². The minimum absolute atomic E-state index is 0.0213. The van der Waals surface area contributed by atoms with Gasteiger partial charge in [0.1, 0.15) is 0 Å². The van der Waals surface area contributed by atoms with Gasteiger partial charge in [0.2, 0.25) is 25.0 Å². The Morgan fingerprint density at radius 1 is 1.03 bits per heavy atom. The van der Waals surface area contributed by atoms with Crippen molar-refractivity contribution < 1.29 is 16.8 Å². The van der Waals surface area contributed by atoms with Crippen molar-refractivity contribution in [2.45, 2.75) is 61.1 Å². The lowest BCUT2D eigenvalue weighted by Crippen LogP contribution is -2.33. The quantitative estimate of drug-likeness (QED) is 0.376. The van der Waals surface area contributed by atoms with Gasteiger partial charge in [-0.1, -0.05) is 35.3 Å². The molecule has 0 spiro atoms. The van der Waals surface area contributed by atoms with Crippen LogP contribution in [0.3, 0.4) is 0 Å². The second-order valence-electron chi connectivity index (χ2n) is 8.62. The van der Waals surface area contributed by atoms with Crippen LogP contribution in [0, 0.1) is 0 Å². The fourth-order valence-corrected chi connectivity index (χ4v) is 7.45. The minimum atomic E-state index is -3.81. The molecule has 1 saturated carbocycles. The number of nitrogens with zero attached hydrogens (tertiary/aromatic N) is 3. The molecule has 34 heavy (non-hydrogen) atoms. The van der Waals surface area contributed by atoms with Crippen LogP contribution in [0.25, 0.3) is 0 Å². The average Bonchev–Trinajstić information content (AvgIpc) is 3.49. The van der Waals surface area contributed by atoms with E-state index in [9.17, 15) is 16.8 Å². The fraction of sp³-hybridized carbons (Fsp3) is 0.348. The van der Waals surface area contributed by atoms with E-state index in [1.165, 1.54) is 22.6 Å². The van der Waals surface area contributed by atoms with Crippen LogP contribution in [-0.2, 0) is 32.2 Å². The summed E-state index contributed by atoms with van der Waals surface area (Å²) in [7, 11) is -7.61. The number of halogens is 2. The second-order valence-corrected chi connectivity index (χ2v) is 13.3. The lowest BCUT2D eigenvalue weighted by molar-refractivity contribution is 0.378. The van der Waals surface area contributed by atoms with Gasteiger partial charge < -0.3 is 4.57 Å². The van der Waals surface area contributed by atoms with Gasteiger partial charge in [0, 0.05) is 22.1 Å². The van der Waals surface area contributed by atoms with Crippen LogP contribution in [0.15, 0.2) is 64.8 Å². The maximum atomic E-state index is 13.4. The number of aromatic nitrogens is 2. The molecule has 4 rings (SSSR count). The van der Waals surface area contributed by atoms with Gasteiger partial charge in [0.05, 0.1) is 29.1 Å². The third-order valence-electron chi connectivity index (χ3n) is 5.57. The Bertz CT molecular complexity index is 1400. The standard InChI is InChI=1S/C23H25Cl2N3O4S2/c1-16(2)28-21(13-26-23(28)33(29,30)15-17-4-3-5-19(25)12-17)14-27(20-8-9-20)34(31,32)22-10-6-18(24)7-11-22/h3-7,10-13,16,20H,8-9,14-15H2,1-2H3. The predicted molar refractivity (Wildman–Crippen MR) is 132 cm³/mol. The van der Waals surface area contributed by atoms with Gasteiger partial charge in [-0.2, -0.15) is 4.31 Å². The number of hydrogen-bond acceptors (Lipinski definition) is 5. The summed E-state index contributed by atoms with van der Waals surface area (Å²) >= 11 is 11.9. The smallest absolute Gasteiger partial charge is 0.243 e. The highest BCUT2D eigenvalue weighted by Gasteiger charge is 2.39. The third kappa shape index (κ3) is 5.33. The van der Waals surface area contributed by atoms with Gasteiger partial charge in [-0.3, -0.25) is 0 Å². The van der Waals surface area contributed by atoms with Gasteiger partial charge in [-0.15, -0.1) is 0 Å². The molecular weight excluding hydrogens is 517 g/mol. The van der Waals surface area contributed by atoms with Crippen LogP contribution in [-0.4, -0.2) is 36.7 Å². The highest BCUT2D eigenvalue weighted by molar-refractivity contribution is 7.90. The van der Waals surface area contributed by atoms with E-state index in [1.807, 2.05) is 13.8 Å². The number of hydrogen-bond donors (Lipinski definition) is 0. The Hall–Kier alpha value is -1.91. The molecule has 1 heterocycles. The van der Waals surface area contributed by atoms with Gasteiger partial charge in [0.25, 0.3) is 0 Å². The molecule has 3 aromatic rings. The summed E-state index contributed by atoms with van der Waals surface area (Å²) in [4.78, 5) is 4.38. The normalized spacial score (nSPS) is 14.8. The Kier molecular flexibility index (Phi) is 7.13. The summed E-state index contributed by atoms with van der Waals surface area (Å²) in [6.45, 7) is 3.71. The number of sulfonamides is 1. The monoisotopic (exact) mass is 541 g/mol. The van der Waals surface area contributed by atoms with Crippen LogP contribution in [0.1, 0.15) is 44.0 Å². The Balaban J connectivity index is 1.69. The Morgan fingerprint density at radius 2 is 1.71 bits per heavy atom. The van der Waals surface area contributed by atoms with E-state index in [4.69, 9.17) is 23.2 Å². The van der Waals surface area contributed by atoms with Crippen molar-refractivity contribution >= 4 is 43.1 Å². The molecule has 1 aromatic heterocycles. The van der Waals surface area contributed by atoms with Gasteiger partial charge in [-0.05, 0) is 68.7 Å². The van der Waals surface area contributed by atoms with E-state index < -0.39 is 19.9 Å². The van der Waals surface area contributed by atoms with E-state index in [1.54, 1.807) is 41.0 Å². The molecule has 1 aliphatic rings. The zero-order valence-corrected chi connectivity index (χ0v) is 21.9. The molecule has 1 fully saturated rings. The third-order valence-corrected chi connectivity index (χ3v) is 9.54. The van der Waals surface area contributed by atoms with E-state index in [0.29, 0.717) is 21.3 Å². The molecule has 0 atom stereocenters. The van der Waals surface area contributed by atoms with Crippen molar-refractivity contribution in [1.29, 1.82) is 0 Å². The van der Waals surface area contributed by atoms with Crippen molar-refractivity contribution in [3.63, 3.8) is 0 Å². The first-order valence-electron chi connectivity index (χ1n) is 10.8. The molecule has 7 nitrogen and oxygen atoms in total. The zero-order valence-electron chi connectivity index (χ0n) is 18.7. The first kappa shape index (κ1) is 25.2. The molecule has 0 amide bonds. The first-order valence-corrected chi connectivity index (χ1v) is 14.6.